The molecule has 8 heteroatoms. The fraction of sp³-hybridized carbons (Fsp3) is 0.875. The Morgan fingerprint density at radius 2 is 1.68 bits per heavy atom. The van der Waals surface area contributed by atoms with Gasteiger partial charge in [0.1, 0.15) is 11.6 Å². The smallest absolute Gasteiger partial charge is 0.410 e. The highest BCUT2D eigenvalue weighted by molar-refractivity contribution is 5.98. The summed E-state index contributed by atoms with van der Waals surface area (Å²) in [6, 6.07) is -1.16. The Hall–Kier alpha value is -2.12. The van der Waals surface area contributed by atoms with Crippen LogP contribution in [0.1, 0.15) is 113 Å². The Balaban J connectivity index is 1.38. The van der Waals surface area contributed by atoms with Gasteiger partial charge in [-0.2, -0.15) is 0 Å². The number of carbonyl (C=O) groups excluding carboxylic acids is 4. The zero-order chi connectivity index (χ0) is 29.3. The lowest BCUT2D eigenvalue weighted by molar-refractivity contribution is -0.188. The van der Waals surface area contributed by atoms with Gasteiger partial charge in [0.2, 0.25) is 5.91 Å². The molecule has 2 amide bonds. The molecule has 5 rings (SSSR count). The van der Waals surface area contributed by atoms with Crippen molar-refractivity contribution in [2.45, 2.75) is 130 Å². The first-order valence-electron chi connectivity index (χ1n) is 15.6. The molecule has 2 bridgehead atoms. The Morgan fingerprint density at radius 1 is 0.975 bits per heavy atom. The van der Waals surface area contributed by atoms with Crippen molar-refractivity contribution >= 4 is 23.8 Å². The van der Waals surface area contributed by atoms with E-state index in [0.29, 0.717) is 19.6 Å². The zero-order valence-corrected chi connectivity index (χ0v) is 25.7. The Kier molecular flexibility index (Phi) is 7.14. The molecule has 8 nitrogen and oxygen atoms in total. The van der Waals surface area contributed by atoms with Crippen LogP contribution in [0.3, 0.4) is 0 Å². The summed E-state index contributed by atoms with van der Waals surface area (Å²) in [6.45, 7) is 14.8. The molecule has 0 radical (unpaired) electrons. The van der Waals surface area contributed by atoms with Crippen LogP contribution < -0.4 is 5.32 Å². The number of ether oxygens (including phenoxy) is 2. The summed E-state index contributed by atoms with van der Waals surface area (Å²) in [6.07, 6.45) is 7.85. The van der Waals surface area contributed by atoms with Gasteiger partial charge < -0.3 is 14.8 Å². The van der Waals surface area contributed by atoms with Gasteiger partial charge in [-0.15, -0.1) is 0 Å². The number of ketones is 1. The Morgan fingerprint density at radius 3 is 2.35 bits per heavy atom. The second-order valence-corrected chi connectivity index (χ2v) is 15.3. The lowest BCUT2D eigenvalue weighted by Gasteiger charge is -2.63. The summed E-state index contributed by atoms with van der Waals surface area (Å²) >= 11 is 0. The molecular weight excluding hydrogens is 508 g/mol. The number of carbonyl (C=O) groups is 4. The minimum atomic E-state index is -0.641. The molecule has 4 aliphatic carbocycles. The number of esters is 1. The van der Waals surface area contributed by atoms with Crippen molar-refractivity contribution in [3.63, 3.8) is 0 Å². The van der Waals surface area contributed by atoms with E-state index in [1.807, 2.05) is 27.7 Å². The van der Waals surface area contributed by atoms with Crippen molar-refractivity contribution in [3.05, 3.63) is 0 Å². The molecule has 1 saturated heterocycles. The van der Waals surface area contributed by atoms with Crippen molar-refractivity contribution in [1.29, 1.82) is 0 Å². The minimum Gasteiger partial charge on any atom is -0.466 e. The molecule has 224 valence electrons. The molecule has 1 spiro atoms. The van der Waals surface area contributed by atoms with Gasteiger partial charge in [0.25, 0.3) is 0 Å². The third-order valence-electron chi connectivity index (χ3n) is 11.7. The van der Waals surface area contributed by atoms with Crippen LogP contribution in [0.4, 0.5) is 4.79 Å². The summed E-state index contributed by atoms with van der Waals surface area (Å²) in [5, 5.41) is 3.18. The van der Waals surface area contributed by atoms with Crippen LogP contribution in [0.5, 0.6) is 0 Å². The van der Waals surface area contributed by atoms with E-state index in [0.717, 1.165) is 57.8 Å². The van der Waals surface area contributed by atoms with E-state index < -0.39 is 34.6 Å². The number of nitrogens with zero attached hydrogens (tertiary/aromatic N) is 1. The standard InChI is InChI=1S/C32H50N2O6/c1-8-39-26(37)31(7)15-10-14-30(6)21(31)13-17-32-19-29(5,16-12-22(30)32)23(24(32)35)33-25(36)20-11-9-18-34(20)27(38)40-28(2,3)4/h20-23H,8-19H2,1-7H3,(H,33,36)/t20-,21-,22-,23+,29-,30+,31+,32-/m0/s1. The molecule has 0 aromatic rings. The number of rotatable bonds is 4. The van der Waals surface area contributed by atoms with E-state index in [9.17, 15) is 19.2 Å². The first kappa shape index (κ1) is 29.4. The third kappa shape index (κ3) is 4.38. The van der Waals surface area contributed by atoms with E-state index in [1.54, 1.807) is 0 Å². The van der Waals surface area contributed by atoms with Crippen molar-refractivity contribution in [2.75, 3.05) is 13.2 Å². The SMILES string of the molecule is CCOC(=O)[C@]1(C)CCC[C@@]2(C)[C@@H]3CC[C@@]4(C)C[C@]3(CC[C@@H]21)C(=O)[C@H]4NC(=O)[C@@H]1CCCN1C(=O)OC(C)(C)C. The topological polar surface area (TPSA) is 102 Å². The Bertz CT molecular complexity index is 1080. The minimum absolute atomic E-state index is 0.0866. The highest BCUT2D eigenvalue weighted by atomic mass is 16.6. The van der Waals surface area contributed by atoms with E-state index in [2.05, 4.69) is 26.1 Å². The van der Waals surface area contributed by atoms with Crippen molar-refractivity contribution in [3.8, 4) is 0 Å². The lowest BCUT2D eigenvalue weighted by atomic mass is 9.40. The fourth-order valence-electron chi connectivity index (χ4n) is 10.1. The average molecular weight is 559 g/mol. The third-order valence-corrected chi connectivity index (χ3v) is 11.7. The number of fused-ring (bicyclic) bond motifs is 3. The van der Waals surface area contributed by atoms with Crippen LogP contribution in [0.15, 0.2) is 0 Å². The average Bonchev–Trinajstić information content (AvgIpc) is 3.40. The Labute approximate surface area is 239 Å². The summed E-state index contributed by atoms with van der Waals surface area (Å²) in [4.78, 5) is 55.8. The quantitative estimate of drug-likeness (QED) is 0.463. The lowest BCUT2D eigenvalue weighted by Crippen LogP contribution is -2.60. The number of amides is 2. The monoisotopic (exact) mass is 558 g/mol. The number of nitrogens with one attached hydrogen (secondary N) is 1. The highest BCUT2D eigenvalue weighted by Crippen LogP contribution is 2.72. The molecule has 8 atom stereocenters. The zero-order valence-electron chi connectivity index (χ0n) is 25.7. The van der Waals surface area contributed by atoms with Crippen LogP contribution in [-0.2, 0) is 23.9 Å². The molecule has 1 N–H and O–H groups in total. The molecule has 5 fully saturated rings. The van der Waals surface area contributed by atoms with E-state index >= 15 is 0 Å². The maximum atomic E-state index is 14.5. The van der Waals surface area contributed by atoms with Gasteiger partial charge in [-0.05, 0) is 115 Å². The van der Waals surface area contributed by atoms with Gasteiger partial charge in [0, 0.05) is 12.0 Å². The normalized spacial score (nSPS) is 42.6. The molecule has 40 heavy (non-hydrogen) atoms. The summed E-state index contributed by atoms with van der Waals surface area (Å²) < 4.78 is 11.2. The first-order chi connectivity index (χ1) is 18.6. The fourth-order valence-corrected chi connectivity index (χ4v) is 10.1. The molecular formula is C32H50N2O6. The number of hydrogen-bond donors (Lipinski definition) is 1. The summed E-state index contributed by atoms with van der Waals surface area (Å²) in [7, 11) is 0. The number of hydrogen-bond acceptors (Lipinski definition) is 6. The van der Waals surface area contributed by atoms with Gasteiger partial charge in [0.15, 0.2) is 5.78 Å². The highest BCUT2D eigenvalue weighted by Gasteiger charge is 2.72. The molecule has 5 aliphatic rings. The largest absolute Gasteiger partial charge is 0.466 e. The van der Waals surface area contributed by atoms with Gasteiger partial charge >= 0.3 is 12.1 Å². The van der Waals surface area contributed by atoms with E-state index in [-0.39, 0.29) is 40.3 Å². The molecule has 0 unspecified atom stereocenters. The first-order valence-corrected chi connectivity index (χ1v) is 15.6. The summed E-state index contributed by atoms with van der Waals surface area (Å²) in [5.41, 5.74) is -2.05. The van der Waals surface area contributed by atoms with Crippen LogP contribution >= 0.6 is 0 Å². The van der Waals surface area contributed by atoms with Crippen LogP contribution in [-0.4, -0.2) is 59.5 Å². The van der Waals surface area contributed by atoms with E-state index in [1.165, 1.54) is 4.90 Å². The molecule has 0 aromatic carbocycles. The van der Waals surface area contributed by atoms with Crippen LogP contribution in [0, 0.1) is 33.5 Å². The molecule has 1 aliphatic heterocycles. The predicted octanol–water partition coefficient (Wildman–Crippen LogP) is 5.42. The van der Waals surface area contributed by atoms with Gasteiger partial charge in [-0.25, -0.2) is 4.79 Å². The van der Waals surface area contributed by atoms with Crippen molar-refractivity contribution in [1.82, 2.24) is 10.2 Å². The van der Waals surface area contributed by atoms with Gasteiger partial charge in [0.05, 0.1) is 18.1 Å². The van der Waals surface area contributed by atoms with Crippen molar-refractivity contribution in [2.24, 2.45) is 33.5 Å². The van der Waals surface area contributed by atoms with E-state index in [4.69, 9.17) is 9.47 Å². The van der Waals surface area contributed by atoms with Gasteiger partial charge in [-0.1, -0.05) is 20.3 Å². The van der Waals surface area contributed by atoms with Gasteiger partial charge in [-0.3, -0.25) is 19.3 Å². The maximum absolute atomic E-state index is 14.5. The van der Waals surface area contributed by atoms with Crippen LogP contribution in [0.2, 0.25) is 0 Å². The molecule has 4 saturated carbocycles. The second kappa shape index (κ2) is 9.72. The number of likely N-dealkylation sites (tertiary alicyclic amines) is 1. The molecule has 0 aromatic heterocycles. The predicted molar refractivity (Wildman–Crippen MR) is 150 cm³/mol. The second-order valence-electron chi connectivity index (χ2n) is 15.3. The number of Topliss-reactive ketones (excluding diaryl/α,β-unsaturated/α-hetero) is 1. The van der Waals surface area contributed by atoms with Crippen molar-refractivity contribution < 1.29 is 28.7 Å². The van der Waals surface area contributed by atoms with Crippen LogP contribution in [0.25, 0.3) is 0 Å². The maximum Gasteiger partial charge on any atom is 0.410 e. The molecule has 1 heterocycles. The summed E-state index contributed by atoms with van der Waals surface area (Å²) in [5.74, 6) is 0.235.